The van der Waals surface area contributed by atoms with Gasteiger partial charge in [0.25, 0.3) is 0 Å². The van der Waals surface area contributed by atoms with Gasteiger partial charge in [0.2, 0.25) is 5.82 Å². The molecule has 0 aliphatic carbocycles. The Kier molecular flexibility index (Phi) is 3.91. The highest BCUT2D eigenvalue weighted by Crippen LogP contribution is 2.26. The maximum absolute atomic E-state index is 11.6. The van der Waals surface area contributed by atoms with E-state index in [2.05, 4.69) is 10.3 Å². The molecule has 7 nitrogen and oxygen atoms in total. The lowest BCUT2D eigenvalue weighted by atomic mass is 10.2. The topological polar surface area (TPSA) is 102 Å². The summed E-state index contributed by atoms with van der Waals surface area (Å²) in [6, 6.07) is 1.18. The highest BCUT2D eigenvalue weighted by Gasteiger charge is 2.31. The zero-order valence-electron chi connectivity index (χ0n) is 9.87. The Morgan fingerprint density at radius 2 is 2.32 bits per heavy atom. The molecule has 9 heteroatoms. The predicted octanol–water partition coefficient (Wildman–Crippen LogP) is 1.63. The molecule has 2 rings (SSSR count). The highest BCUT2D eigenvalue weighted by atomic mass is 35.5. The van der Waals surface area contributed by atoms with Gasteiger partial charge in [-0.05, 0) is 12.8 Å². The summed E-state index contributed by atoms with van der Waals surface area (Å²) < 4.78 is 23.3. The van der Waals surface area contributed by atoms with Crippen molar-refractivity contribution in [3.8, 4) is 0 Å². The largest absolute Gasteiger partial charge is 0.363 e. The number of sulfone groups is 1. The lowest BCUT2D eigenvalue weighted by Crippen LogP contribution is -2.25. The molecule has 1 N–H and O–H groups in total. The molecule has 104 valence electrons. The summed E-state index contributed by atoms with van der Waals surface area (Å²) in [5, 5.41) is 13.2. The summed E-state index contributed by atoms with van der Waals surface area (Å²) in [5.41, 5.74) is -0.261. The average molecular weight is 306 g/mol. The van der Waals surface area contributed by atoms with Gasteiger partial charge in [-0.3, -0.25) is 10.1 Å². The van der Waals surface area contributed by atoms with Crippen molar-refractivity contribution in [2.45, 2.75) is 18.1 Å². The van der Waals surface area contributed by atoms with Gasteiger partial charge in [0, 0.05) is 18.8 Å². The van der Waals surface area contributed by atoms with Crippen molar-refractivity contribution in [1.29, 1.82) is 0 Å². The zero-order chi connectivity index (χ0) is 14.0. The summed E-state index contributed by atoms with van der Waals surface area (Å²) in [7, 11) is -3.08. The van der Waals surface area contributed by atoms with E-state index >= 15 is 0 Å². The van der Waals surface area contributed by atoms with Crippen LogP contribution in [0.15, 0.2) is 12.3 Å². The highest BCUT2D eigenvalue weighted by molar-refractivity contribution is 7.92. The molecule has 0 bridgehead atoms. The number of hydrogen-bond acceptors (Lipinski definition) is 6. The van der Waals surface area contributed by atoms with Crippen LogP contribution in [-0.2, 0) is 9.84 Å². The summed E-state index contributed by atoms with van der Waals surface area (Å²) >= 11 is 5.64. The second-order valence-electron chi connectivity index (χ2n) is 4.29. The van der Waals surface area contributed by atoms with Gasteiger partial charge in [-0.15, -0.1) is 0 Å². The number of anilines is 1. The summed E-state index contributed by atoms with van der Waals surface area (Å²) in [5.74, 6) is 0.215. The Morgan fingerprint density at radius 3 is 2.89 bits per heavy atom. The molecule has 1 saturated heterocycles. The van der Waals surface area contributed by atoms with E-state index in [0.29, 0.717) is 12.8 Å². The van der Waals surface area contributed by atoms with Crippen LogP contribution in [0.25, 0.3) is 0 Å². The average Bonchev–Trinajstić information content (AvgIpc) is 2.66. The number of nitrogens with zero attached hydrogens (tertiary/aromatic N) is 2. The minimum Gasteiger partial charge on any atom is -0.363 e. The van der Waals surface area contributed by atoms with Crippen LogP contribution in [0.2, 0.25) is 5.02 Å². The van der Waals surface area contributed by atoms with Crippen molar-refractivity contribution in [3.63, 3.8) is 0 Å². The standard InChI is InChI=1S/C10H12ClN3O4S/c11-7-4-9(14(15)16)10(12-5-7)13-6-8-2-1-3-19(8,17)18/h4-5,8H,1-3,6H2,(H,12,13). The van der Waals surface area contributed by atoms with E-state index < -0.39 is 20.0 Å². The van der Waals surface area contributed by atoms with Crippen molar-refractivity contribution >= 4 is 32.9 Å². The lowest BCUT2D eigenvalue weighted by molar-refractivity contribution is -0.384. The Balaban J connectivity index is 2.14. The molecule has 19 heavy (non-hydrogen) atoms. The van der Waals surface area contributed by atoms with Crippen molar-refractivity contribution in [3.05, 3.63) is 27.4 Å². The van der Waals surface area contributed by atoms with Crippen molar-refractivity contribution in [2.24, 2.45) is 0 Å². The van der Waals surface area contributed by atoms with E-state index in [0.717, 1.165) is 0 Å². The van der Waals surface area contributed by atoms with Gasteiger partial charge in [-0.2, -0.15) is 0 Å². The van der Waals surface area contributed by atoms with Crippen LogP contribution < -0.4 is 5.32 Å². The molecule has 0 amide bonds. The number of hydrogen-bond donors (Lipinski definition) is 1. The normalized spacial score (nSPS) is 21.2. The molecular formula is C10H12ClN3O4S. The maximum atomic E-state index is 11.6. The first-order valence-corrected chi connectivity index (χ1v) is 7.75. The molecule has 1 atom stereocenters. The Morgan fingerprint density at radius 1 is 1.58 bits per heavy atom. The molecule has 0 aromatic carbocycles. The Hall–Kier alpha value is -1.41. The number of nitrogens with one attached hydrogen (secondary N) is 1. The number of aromatic nitrogens is 1. The van der Waals surface area contributed by atoms with Crippen molar-refractivity contribution in [1.82, 2.24) is 4.98 Å². The molecule has 1 aromatic rings. The molecule has 0 spiro atoms. The summed E-state index contributed by atoms with van der Waals surface area (Å²) in [4.78, 5) is 14.1. The second-order valence-corrected chi connectivity index (χ2v) is 7.13. The fraction of sp³-hybridized carbons (Fsp3) is 0.500. The SMILES string of the molecule is O=[N+]([O-])c1cc(Cl)cnc1NCC1CCCS1(=O)=O. The Labute approximate surface area is 115 Å². The van der Waals surface area contributed by atoms with E-state index in [1.165, 1.54) is 12.3 Å². The third-order valence-corrected chi connectivity index (χ3v) is 5.47. The number of halogens is 1. The molecule has 1 aromatic heterocycles. The van der Waals surface area contributed by atoms with Gasteiger partial charge in [-0.25, -0.2) is 13.4 Å². The third kappa shape index (κ3) is 3.13. The lowest BCUT2D eigenvalue weighted by Gasteiger charge is -2.11. The first kappa shape index (κ1) is 14.0. The van der Waals surface area contributed by atoms with Crippen LogP contribution in [0.1, 0.15) is 12.8 Å². The molecule has 0 radical (unpaired) electrons. The minimum atomic E-state index is -3.08. The fourth-order valence-corrected chi connectivity index (χ4v) is 3.92. The van der Waals surface area contributed by atoms with Gasteiger partial charge in [-0.1, -0.05) is 11.6 Å². The van der Waals surface area contributed by atoms with Crippen LogP contribution in [-0.4, -0.2) is 35.9 Å². The van der Waals surface area contributed by atoms with Crippen molar-refractivity contribution < 1.29 is 13.3 Å². The van der Waals surface area contributed by atoms with E-state index in [4.69, 9.17) is 11.6 Å². The maximum Gasteiger partial charge on any atom is 0.312 e. The first-order valence-electron chi connectivity index (χ1n) is 5.65. The molecule has 1 aliphatic heterocycles. The van der Waals surface area contributed by atoms with Gasteiger partial charge in [0.05, 0.1) is 20.9 Å². The quantitative estimate of drug-likeness (QED) is 0.670. The van der Waals surface area contributed by atoms with Gasteiger partial charge in [0.15, 0.2) is 9.84 Å². The van der Waals surface area contributed by atoms with Crippen LogP contribution in [0.5, 0.6) is 0 Å². The molecular weight excluding hydrogens is 294 g/mol. The van der Waals surface area contributed by atoms with Crippen LogP contribution >= 0.6 is 11.6 Å². The summed E-state index contributed by atoms with van der Waals surface area (Å²) in [6.45, 7) is 0.123. The predicted molar refractivity (Wildman–Crippen MR) is 71.2 cm³/mol. The van der Waals surface area contributed by atoms with Crippen LogP contribution in [0, 0.1) is 10.1 Å². The smallest absolute Gasteiger partial charge is 0.312 e. The Bertz CT molecular complexity index is 605. The molecule has 2 heterocycles. The van der Waals surface area contributed by atoms with Gasteiger partial charge < -0.3 is 5.32 Å². The number of rotatable bonds is 4. The van der Waals surface area contributed by atoms with E-state index in [1.54, 1.807) is 0 Å². The molecule has 1 aliphatic rings. The van der Waals surface area contributed by atoms with Crippen LogP contribution in [0.3, 0.4) is 0 Å². The van der Waals surface area contributed by atoms with E-state index in [9.17, 15) is 18.5 Å². The second kappa shape index (κ2) is 5.30. The fourth-order valence-electron chi connectivity index (χ4n) is 2.00. The van der Waals surface area contributed by atoms with Crippen LogP contribution in [0.4, 0.5) is 11.5 Å². The number of nitro groups is 1. The molecule has 1 fully saturated rings. The minimum absolute atomic E-state index is 0.0384. The first-order chi connectivity index (χ1) is 8.90. The van der Waals surface area contributed by atoms with E-state index in [-0.39, 0.29) is 28.8 Å². The zero-order valence-corrected chi connectivity index (χ0v) is 11.4. The molecule has 1 unspecified atom stereocenters. The third-order valence-electron chi connectivity index (χ3n) is 2.99. The van der Waals surface area contributed by atoms with Gasteiger partial charge >= 0.3 is 5.69 Å². The monoisotopic (exact) mass is 305 g/mol. The molecule has 0 saturated carbocycles. The number of pyridine rings is 1. The van der Waals surface area contributed by atoms with Gasteiger partial charge in [0.1, 0.15) is 0 Å². The van der Waals surface area contributed by atoms with E-state index in [1.807, 2.05) is 0 Å². The van der Waals surface area contributed by atoms with Crippen molar-refractivity contribution in [2.75, 3.05) is 17.6 Å². The summed E-state index contributed by atoms with van der Waals surface area (Å²) in [6.07, 6.45) is 2.47.